The molecule has 120 valence electrons. The Bertz CT molecular complexity index is 888. The van der Waals surface area contributed by atoms with E-state index in [4.69, 9.17) is 12.2 Å². The lowest BCUT2D eigenvalue weighted by Crippen LogP contribution is -2.10. The summed E-state index contributed by atoms with van der Waals surface area (Å²) in [5.74, 6) is -0.104. The van der Waals surface area contributed by atoms with Crippen LogP contribution in [-0.2, 0) is 0 Å². The number of hydrogen-bond acceptors (Lipinski definition) is 3. The summed E-state index contributed by atoms with van der Waals surface area (Å²) in [7, 11) is 0. The molecule has 0 saturated heterocycles. The number of aliphatic hydroxyl groups is 1. The zero-order chi connectivity index (χ0) is 16.9. The van der Waals surface area contributed by atoms with Gasteiger partial charge in [-0.15, -0.1) is 0 Å². The van der Waals surface area contributed by atoms with Gasteiger partial charge >= 0.3 is 0 Å². The highest BCUT2D eigenvalue weighted by Gasteiger charge is 2.16. The molecule has 24 heavy (non-hydrogen) atoms. The number of carbonyl (C=O) groups excluding carboxylic acids is 1. The number of para-hydroxylation sites is 1. The summed E-state index contributed by atoms with van der Waals surface area (Å²) < 4.78 is 2.35. The van der Waals surface area contributed by atoms with Gasteiger partial charge in [-0.2, -0.15) is 0 Å². The maximum Gasteiger partial charge on any atom is 0.165 e. The summed E-state index contributed by atoms with van der Waals surface area (Å²) in [4.78, 5) is 12.3. The number of nitrogens with zero attached hydrogens (tertiary/aromatic N) is 1. The van der Waals surface area contributed by atoms with Crippen molar-refractivity contribution in [1.29, 1.82) is 0 Å². The van der Waals surface area contributed by atoms with Crippen molar-refractivity contribution in [2.45, 2.75) is 12.5 Å². The second-order valence-corrected chi connectivity index (χ2v) is 5.87. The summed E-state index contributed by atoms with van der Waals surface area (Å²) >= 11 is 5.51. The van der Waals surface area contributed by atoms with E-state index in [9.17, 15) is 9.90 Å². The number of ketones is 1. The van der Waals surface area contributed by atoms with Crippen LogP contribution in [0.3, 0.4) is 0 Å². The Labute approximate surface area is 145 Å². The van der Waals surface area contributed by atoms with E-state index in [1.807, 2.05) is 65.4 Å². The number of hydrogen-bond donors (Lipinski definition) is 1. The van der Waals surface area contributed by atoms with Crippen LogP contribution in [0.5, 0.6) is 0 Å². The minimum atomic E-state index is -0.929. The van der Waals surface area contributed by atoms with Crippen molar-refractivity contribution >= 4 is 18.0 Å². The van der Waals surface area contributed by atoms with Crippen LogP contribution in [0.2, 0.25) is 0 Å². The van der Waals surface area contributed by atoms with Crippen LogP contribution in [0.1, 0.15) is 28.4 Å². The fraction of sp³-hybridized carbons (Fsp3) is 0.100. The summed E-state index contributed by atoms with van der Waals surface area (Å²) in [6, 6.07) is 22.3. The molecule has 0 aliphatic rings. The molecule has 0 saturated carbocycles. The normalized spacial score (nSPS) is 11.9. The fourth-order valence-electron chi connectivity index (χ4n) is 2.58. The van der Waals surface area contributed by atoms with Gasteiger partial charge in [0.05, 0.1) is 6.10 Å². The van der Waals surface area contributed by atoms with Crippen molar-refractivity contribution in [3.8, 4) is 5.69 Å². The molecule has 3 nitrogen and oxygen atoms in total. The first-order valence-electron chi connectivity index (χ1n) is 7.70. The van der Waals surface area contributed by atoms with E-state index in [1.165, 1.54) is 0 Å². The molecule has 0 spiro atoms. The highest BCUT2D eigenvalue weighted by molar-refractivity contribution is 7.71. The van der Waals surface area contributed by atoms with E-state index < -0.39 is 6.10 Å². The molecule has 3 aromatic rings. The van der Waals surface area contributed by atoms with Crippen molar-refractivity contribution in [2.75, 3.05) is 0 Å². The molecule has 0 aliphatic heterocycles. The first kappa shape index (κ1) is 16.3. The highest BCUT2D eigenvalue weighted by Crippen LogP contribution is 2.22. The minimum Gasteiger partial charge on any atom is -0.388 e. The Balaban J connectivity index is 1.87. The topological polar surface area (TPSA) is 42.2 Å². The SMILES string of the molecule is O=C(C[C@H](O)c1cccn(-c2ccccc2)c1=S)c1ccccc1. The predicted octanol–water partition coefficient (Wildman–Crippen LogP) is 4.51. The molecule has 0 aliphatic carbocycles. The molecule has 1 N–H and O–H groups in total. The lowest BCUT2D eigenvalue weighted by molar-refractivity contribution is 0.0879. The Morgan fingerprint density at radius 2 is 1.58 bits per heavy atom. The number of aliphatic hydroxyl groups excluding tert-OH is 1. The van der Waals surface area contributed by atoms with Gasteiger partial charge in [-0.05, 0) is 18.2 Å². The summed E-state index contributed by atoms with van der Waals surface area (Å²) in [5, 5.41) is 10.5. The van der Waals surface area contributed by atoms with Gasteiger partial charge in [0.15, 0.2) is 5.78 Å². The van der Waals surface area contributed by atoms with Gasteiger partial charge in [-0.3, -0.25) is 4.79 Å². The third-order valence-corrected chi connectivity index (χ3v) is 4.28. The number of pyridine rings is 1. The maximum absolute atomic E-state index is 12.3. The van der Waals surface area contributed by atoms with E-state index in [-0.39, 0.29) is 12.2 Å². The molecule has 1 atom stereocenters. The smallest absolute Gasteiger partial charge is 0.165 e. The van der Waals surface area contributed by atoms with Crippen molar-refractivity contribution < 1.29 is 9.90 Å². The molecule has 0 unspecified atom stereocenters. The zero-order valence-corrected chi connectivity index (χ0v) is 13.8. The van der Waals surface area contributed by atoms with Crippen LogP contribution in [0.25, 0.3) is 5.69 Å². The van der Waals surface area contributed by atoms with Crippen LogP contribution in [0, 0.1) is 4.64 Å². The van der Waals surface area contributed by atoms with Crippen LogP contribution >= 0.6 is 12.2 Å². The number of Topliss-reactive ketones (excluding diaryl/α,β-unsaturated/α-hetero) is 1. The highest BCUT2D eigenvalue weighted by atomic mass is 32.1. The second kappa shape index (κ2) is 7.34. The Kier molecular flexibility index (Phi) is 4.99. The monoisotopic (exact) mass is 335 g/mol. The van der Waals surface area contributed by atoms with Crippen molar-refractivity contribution in [3.63, 3.8) is 0 Å². The third kappa shape index (κ3) is 3.50. The van der Waals surface area contributed by atoms with Gasteiger partial charge in [0.2, 0.25) is 0 Å². The number of benzene rings is 2. The summed E-state index contributed by atoms with van der Waals surface area (Å²) in [6.45, 7) is 0. The molecule has 0 amide bonds. The van der Waals surface area contributed by atoms with Crippen LogP contribution in [0.15, 0.2) is 79.0 Å². The Morgan fingerprint density at radius 3 is 2.25 bits per heavy atom. The van der Waals surface area contributed by atoms with Crippen LogP contribution in [-0.4, -0.2) is 15.5 Å². The predicted molar refractivity (Wildman–Crippen MR) is 97.0 cm³/mol. The molecule has 3 rings (SSSR count). The van der Waals surface area contributed by atoms with Gasteiger partial charge in [-0.25, -0.2) is 0 Å². The molecule has 0 fully saturated rings. The second-order valence-electron chi connectivity index (χ2n) is 5.48. The molecule has 0 radical (unpaired) electrons. The zero-order valence-electron chi connectivity index (χ0n) is 13.0. The van der Waals surface area contributed by atoms with Crippen molar-refractivity contribution in [3.05, 3.63) is 94.8 Å². The average Bonchev–Trinajstić information content (AvgIpc) is 2.63. The summed E-state index contributed by atoms with van der Waals surface area (Å²) in [5.41, 5.74) is 2.10. The maximum atomic E-state index is 12.3. The molecule has 4 heteroatoms. The summed E-state index contributed by atoms with van der Waals surface area (Å²) in [6.07, 6.45) is 0.931. The van der Waals surface area contributed by atoms with Crippen molar-refractivity contribution in [2.24, 2.45) is 0 Å². The van der Waals surface area contributed by atoms with Gasteiger partial charge in [0.1, 0.15) is 4.64 Å². The van der Waals surface area contributed by atoms with Gasteiger partial charge in [0.25, 0.3) is 0 Å². The first-order chi connectivity index (χ1) is 11.7. The lowest BCUT2D eigenvalue weighted by atomic mass is 10.0. The molecule has 0 bridgehead atoms. The molecule has 2 aromatic carbocycles. The number of carbonyl (C=O) groups is 1. The Morgan fingerprint density at radius 1 is 0.958 bits per heavy atom. The lowest BCUT2D eigenvalue weighted by Gasteiger charge is -2.14. The Hall–Kier alpha value is -2.56. The van der Waals surface area contributed by atoms with Crippen molar-refractivity contribution in [1.82, 2.24) is 4.57 Å². The van der Waals surface area contributed by atoms with Gasteiger partial charge in [0, 0.05) is 29.4 Å². The van der Waals surface area contributed by atoms with Crippen LogP contribution in [0.4, 0.5) is 0 Å². The third-order valence-electron chi connectivity index (χ3n) is 3.84. The first-order valence-corrected chi connectivity index (χ1v) is 8.11. The van der Waals surface area contributed by atoms with E-state index in [2.05, 4.69) is 0 Å². The van der Waals surface area contributed by atoms with Crippen LogP contribution < -0.4 is 0 Å². The fourth-order valence-corrected chi connectivity index (χ4v) is 2.95. The standard InChI is InChI=1S/C20H17NO2S/c22-18(15-8-3-1-4-9-15)14-19(23)17-12-7-13-21(20(17)24)16-10-5-2-6-11-16/h1-13,19,23H,14H2/t19-/m0/s1. The van der Waals surface area contributed by atoms with E-state index in [0.29, 0.717) is 15.8 Å². The largest absolute Gasteiger partial charge is 0.388 e. The minimum absolute atomic E-state index is 0.00641. The average molecular weight is 335 g/mol. The van der Waals surface area contributed by atoms with Gasteiger partial charge in [-0.1, -0.05) is 66.8 Å². The quantitative estimate of drug-likeness (QED) is 0.551. The molecular formula is C20H17NO2S. The van der Waals surface area contributed by atoms with E-state index in [1.54, 1.807) is 18.2 Å². The number of aromatic nitrogens is 1. The van der Waals surface area contributed by atoms with E-state index in [0.717, 1.165) is 5.69 Å². The van der Waals surface area contributed by atoms with Gasteiger partial charge < -0.3 is 9.67 Å². The molecule has 1 heterocycles. The number of rotatable bonds is 5. The molecular weight excluding hydrogens is 318 g/mol. The van der Waals surface area contributed by atoms with E-state index >= 15 is 0 Å². The molecule has 1 aromatic heterocycles.